The minimum absolute atomic E-state index is 0.000129. The third kappa shape index (κ3) is 4.26. The van der Waals surface area contributed by atoms with Crippen LogP contribution < -0.4 is 4.72 Å². The Balaban J connectivity index is 3.14. The zero-order chi connectivity index (χ0) is 16.2. The van der Waals surface area contributed by atoms with Crippen LogP contribution in [0.25, 0.3) is 0 Å². The van der Waals surface area contributed by atoms with E-state index in [0.29, 0.717) is 12.8 Å². The fourth-order valence-electron chi connectivity index (χ4n) is 2.13. The summed E-state index contributed by atoms with van der Waals surface area (Å²) in [7, 11) is -3.81. The first kappa shape index (κ1) is 17.6. The maximum absolute atomic E-state index is 12.4. The van der Waals surface area contributed by atoms with E-state index in [1.54, 1.807) is 0 Å². The Morgan fingerprint density at radius 3 is 2.52 bits per heavy atom. The van der Waals surface area contributed by atoms with Gasteiger partial charge in [-0.2, -0.15) is 5.10 Å². The van der Waals surface area contributed by atoms with Gasteiger partial charge in [-0.05, 0) is 26.7 Å². The van der Waals surface area contributed by atoms with Crippen LogP contribution in [0.3, 0.4) is 0 Å². The molecule has 3 N–H and O–H groups in total. The Morgan fingerprint density at radius 2 is 2.05 bits per heavy atom. The molecule has 1 aromatic rings. The van der Waals surface area contributed by atoms with Crippen molar-refractivity contribution in [2.24, 2.45) is 0 Å². The van der Waals surface area contributed by atoms with Crippen molar-refractivity contribution in [3.8, 4) is 0 Å². The lowest BCUT2D eigenvalue weighted by Crippen LogP contribution is -2.35. The number of nitrogens with zero attached hydrogens (tertiary/aromatic N) is 2. The Labute approximate surface area is 123 Å². The number of aromatic nitrogens is 2. The molecular weight excluding hydrogens is 298 g/mol. The van der Waals surface area contributed by atoms with Crippen molar-refractivity contribution >= 4 is 16.0 Å². The van der Waals surface area contributed by atoms with Gasteiger partial charge in [-0.1, -0.05) is 6.92 Å². The minimum Gasteiger partial charge on any atom is -0.480 e. The zero-order valence-electron chi connectivity index (χ0n) is 12.3. The number of aryl methyl sites for hydroxylation is 1. The summed E-state index contributed by atoms with van der Waals surface area (Å²) < 4.78 is 28.5. The molecule has 0 amide bonds. The molecule has 1 atom stereocenters. The minimum atomic E-state index is -3.81. The normalized spacial score (nSPS) is 13.3. The van der Waals surface area contributed by atoms with Crippen LogP contribution in [0.1, 0.15) is 31.2 Å². The molecule has 0 saturated heterocycles. The summed E-state index contributed by atoms with van der Waals surface area (Å²) in [5.41, 5.74) is 0.529. The highest BCUT2D eigenvalue weighted by atomic mass is 32.2. The number of aliphatic hydroxyl groups is 1. The lowest BCUT2D eigenvalue weighted by atomic mass is 10.2. The van der Waals surface area contributed by atoms with E-state index in [0.717, 1.165) is 4.68 Å². The number of carboxylic acids is 1. The number of aliphatic hydroxyl groups excluding tert-OH is 1. The first-order chi connectivity index (χ1) is 9.72. The average molecular weight is 319 g/mol. The van der Waals surface area contributed by atoms with Gasteiger partial charge in [-0.15, -0.1) is 0 Å². The van der Waals surface area contributed by atoms with Gasteiger partial charge in [0.05, 0.1) is 11.4 Å². The van der Waals surface area contributed by atoms with Crippen LogP contribution in [0.5, 0.6) is 0 Å². The standard InChI is InChI=1S/C12H21N3O5S/c1-4-10(5-6-16)14-21(19,20)12-8(2)13-15(9(12)3)7-11(17)18/h10,14,16H,4-7H2,1-3H3,(H,17,18). The first-order valence-corrected chi connectivity index (χ1v) is 8.10. The molecule has 21 heavy (non-hydrogen) atoms. The van der Waals surface area contributed by atoms with E-state index < -0.39 is 22.5 Å². The quantitative estimate of drug-likeness (QED) is 0.621. The van der Waals surface area contributed by atoms with E-state index >= 15 is 0 Å². The number of sulfonamides is 1. The molecule has 1 rings (SSSR count). The second-order valence-electron chi connectivity index (χ2n) is 4.79. The van der Waals surface area contributed by atoms with E-state index in [4.69, 9.17) is 10.2 Å². The monoisotopic (exact) mass is 319 g/mol. The third-order valence-electron chi connectivity index (χ3n) is 3.16. The summed E-state index contributed by atoms with van der Waals surface area (Å²) in [6.07, 6.45) is 0.859. The summed E-state index contributed by atoms with van der Waals surface area (Å²) in [6, 6.07) is -0.373. The summed E-state index contributed by atoms with van der Waals surface area (Å²) >= 11 is 0. The SMILES string of the molecule is CCC(CCO)NS(=O)(=O)c1c(C)nn(CC(=O)O)c1C. The van der Waals surface area contributed by atoms with Crippen LogP contribution in [0.4, 0.5) is 0 Å². The Morgan fingerprint density at radius 1 is 1.43 bits per heavy atom. The van der Waals surface area contributed by atoms with Crippen LogP contribution in [0.15, 0.2) is 4.90 Å². The lowest BCUT2D eigenvalue weighted by molar-refractivity contribution is -0.137. The van der Waals surface area contributed by atoms with Crippen molar-refractivity contribution < 1.29 is 23.4 Å². The number of aliphatic carboxylic acids is 1. The van der Waals surface area contributed by atoms with Gasteiger partial charge in [-0.3, -0.25) is 9.48 Å². The predicted molar refractivity (Wildman–Crippen MR) is 75.4 cm³/mol. The fourth-order valence-corrected chi connectivity index (χ4v) is 3.90. The molecule has 0 bridgehead atoms. The average Bonchev–Trinajstić information content (AvgIpc) is 2.63. The topological polar surface area (TPSA) is 122 Å². The zero-order valence-corrected chi connectivity index (χ0v) is 13.1. The highest BCUT2D eigenvalue weighted by Crippen LogP contribution is 2.20. The number of hydrogen-bond donors (Lipinski definition) is 3. The van der Waals surface area contributed by atoms with Gasteiger partial charge in [0.1, 0.15) is 11.4 Å². The van der Waals surface area contributed by atoms with Gasteiger partial charge in [0.15, 0.2) is 0 Å². The third-order valence-corrected chi connectivity index (χ3v) is 4.93. The molecule has 0 fully saturated rings. The molecule has 0 saturated carbocycles. The van der Waals surface area contributed by atoms with Crippen LogP contribution >= 0.6 is 0 Å². The highest BCUT2D eigenvalue weighted by molar-refractivity contribution is 7.89. The summed E-state index contributed by atoms with van der Waals surface area (Å²) in [6.45, 7) is 4.35. The first-order valence-electron chi connectivity index (χ1n) is 6.61. The van der Waals surface area contributed by atoms with Gasteiger partial charge in [0.25, 0.3) is 0 Å². The molecule has 1 unspecified atom stereocenters. The van der Waals surface area contributed by atoms with Crippen molar-refractivity contribution in [1.82, 2.24) is 14.5 Å². The van der Waals surface area contributed by atoms with Gasteiger partial charge in [0, 0.05) is 12.6 Å². The Hall–Kier alpha value is -1.45. The molecule has 0 aliphatic heterocycles. The van der Waals surface area contributed by atoms with Crippen molar-refractivity contribution in [1.29, 1.82) is 0 Å². The smallest absolute Gasteiger partial charge is 0.325 e. The van der Waals surface area contributed by atoms with Crippen LogP contribution in [0.2, 0.25) is 0 Å². The van der Waals surface area contributed by atoms with Crippen LogP contribution in [-0.4, -0.2) is 47.0 Å². The predicted octanol–water partition coefficient (Wildman–Crippen LogP) is 0.0238. The Bertz CT molecular complexity index is 609. The molecule has 8 nitrogen and oxygen atoms in total. The van der Waals surface area contributed by atoms with Crippen LogP contribution in [0, 0.1) is 13.8 Å². The van der Waals surface area contributed by atoms with Crippen molar-refractivity contribution in [2.45, 2.75) is 51.1 Å². The maximum Gasteiger partial charge on any atom is 0.325 e. The molecule has 0 aliphatic rings. The van der Waals surface area contributed by atoms with Gasteiger partial charge < -0.3 is 10.2 Å². The van der Waals surface area contributed by atoms with Gasteiger partial charge in [-0.25, -0.2) is 13.1 Å². The van der Waals surface area contributed by atoms with E-state index in [2.05, 4.69) is 9.82 Å². The number of nitrogens with one attached hydrogen (secondary N) is 1. The van der Waals surface area contributed by atoms with Crippen molar-refractivity contribution in [3.05, 3.63) is 11.4 Å². The summed E-state index contributed by atoms with van der Waals surface area (Å²) in [5.74, 6) is -1.09. The second-order valence-corrected chi connectivity index (χ2v) is 6.44. The summed E-state index contributed by atoms with van der Waals surface area (Å²) in [5, 5.41) is 21.7. The van der Waals surface area contributed by atoms with E-state index in [1.807, 2.05) is 6.92 Å². The van der Waals surface area contributed by atoms with Crippen molar-refractivity contribution in [3.63, 3.8) is 0 Å². The van der Waals surface area contributed by atoms with Gasteiger partial charge >= 0.3 is 5.97 Å². The fraction of sp³-hybridized carbons (Fsp3) is 0.667. The lowest BCUT2D eigenvalue weighted by Gasteiger charge is -2.16. The van der Waals surface area contributed by atoms with Gasteiger partial charge in [0.2, 0.25) is 10.0 Å². The van der Waals surface area contributed by atoms with Crippen LogP contribution in [-0.2, 0) is 21.4 Å². The molecule has 0 aromatic carbocycles. The second kappa shape index (κ2) is 7.01. The largest absolute Gasteiger partial charge is 0.480 e. The maximum atomic E-state index is 12.4. The van der Waals surface area contributed by atoms with E-state index in [1.165, 1.54) is 13.8 Å². The molecule has 9 heteroatoms. The highest BCUT2D eigenvalue weighted by Gasteiger charge is 2.27. The summed E-state index contributed by atoms with van der Waals surface area (Å²) in [4.78, 5) is 10.7. The Kier molecular flexibility index (Phi) is 5.87. The molecule has 1 aromatic heterocycles. The number of rotatable bonds is 8. The number of carbonyl (C=O) groups is 1. The molecule has 0 radical (unpaired) electrons. The molecule has 120 valence electrons. The molecule has 1 heterocycles. The molecule has 0 aliphatic carbocycles. The van der Waals surface area contributed by atoms with E-state index in [-0.39, 0.29) is 28.9 Å². The number of carboxylic acid groups (broad SMARTS) is 1. The van der Waals surface area contributed by atoms with Crippen molar-refractivity contribution in [2.75, 3.05) is 6.61 Å². The molecule has 0 spiro atoms. The number of hydrogen-bond acceptors (Lipinski definition) is 5. The molecular formula is C12H21N3O5S. The van der Waals surface area contributed by atoms with E-state index in [9.17, 15) is 13.2 Å².